The average Bonchev–Trinajstić information content (AvgIpc) is 3.43. The summed E-state index contributed by atoms with van der Waals surface area (Å²) in [5, 5.41) is 17.8. The molecular formula is C20H27N7O4. The molecule has 1 aliphatic carbocycles. The van der Waals surface area contributed by atoms with Crippen molar-refractivity contribution in [1.82, 2.24) is 35.9 Å². The molecule has 3 heterocycles. The highest BCUT2D eigenvalue weighted by Crippen LogP contribution is 2.32. The van der Waals surface area contributed by atoms with Gasteiger partial charge in [-0.05, 0) is 24.8 Å². The van der Waals surface area contributed by atoms with E-state index in [1.807, 2.05) is 13.8 Å². The lowest BCUT2D eigenvalue weighted by Gasteiger charge is -2.42. The molecule has 1 saturated carbocycles. The fraction of sp³-hybridized carbons (Fsp3) is 0.550. The summed E-state index contributed by atoms with van der Waals surface area (Å²) in [6.07, 6.45) is 4.16. The smallest absolute Gasteiger partial charge is 0.280 e. The number of aliphatic hydroxyl groups excluding tert-OH is 1. The fourth-order valence-electron chi connectivity index (χ4n) is 3.83. The molecule has 4 rings (SSSR count). The average molecular weight is 429 g/mol. The predicted octanol–water partition coefficient (Wildman–Crippen LogP) is -0.598. The van der Waals surface area contributed by atoms with Crippen LogP contribution in [0.2, 0.25) is 0 Å². The quantitative estimate of drug-likeness (QED) is 0.422. The van der Waals surface area contributed by atoms with Crippen molar-refractivity contribution >= 4 is 17.7 Å². The van der Waals surface area contributed by atoms with Crippen molar-refractivity contribution < 1.29 is 19.5 Å². The molecule has 1 aromatic heterocycles. The Labute approximate surface area is 179 Å². The molecule has 166 valence electrons. The van der Waals surface area contributed by atoms with Gasteiger partial charge in [-0.3, -0.25) is 14.4 Å². The van der Waals surface area contributed by atoms with Gasteiger partial charge in [-0.15, -0.1) is 0 Å². The van der Waals surface area contributed by atoms with Gasteiger partial charge < -0.3 is 20.6 Å². The maximum absolute atomic E-state index is 13.0. The summed E-state index contributed by atoms with van der Waals surface area (Å²) in [5.74, 6) is -1.97. The summed E-state index contributed by atoms with van der Waals surface area (Å²) in [6.45, 7) is 4.63. The maximum Gasteiger partial charge on any atom is 0.280 e. The van der Waals surface area contributed by atoms with Gasteiger partial charge in [0.15, 0.2) is 5.57 Å². The Kier molecular flexibility index (Phi) is 5.77. The summed E-state index contributed by atoms with van der Waals surface area (Å²) >= 11 is 0. The molecule has 0 aromatic carbocycles. The van der Waals surface area contributed by atoms with Crippen LogP contribution >= 0.6 is 0 Å². The molecule has 1 aromatic rings. The van der Waals surface area contributed by atoms with E-state index in [1.165, 1.54) is 5.01 Å². The first kappa shape index (κ1) is 21.0. The minimum absolute atomic E-state index is 0.0436. The minimum Gasteiger partial charge on any atom is -0.494 e. The number of nitrogens with one attached hydrogen (secondary N) is 3. The molecule has 4 N–H and O–H groups in total. The van der Waals surface area contributed by atoms with Crippen LogP contribution < -0.4 is 16.1 Å². The molecule has 2 fully saturated rings. The highest BCUT2D eigenvalue weighted by atomic mass is 16.3. The molecule has 11 nitrogen and oxygen atoms in total. The molecule has 2 unspecified atom stereocenters. The Hall–Kier alpha value is -3.21. The number of hydrogen-bond acceptors (Lipinski definition) is 8. The van der Waals surface area contributed by atoms with Crippen LogP contribution in [0.15, 0.2) is 29.9 Å². The van der Waals surface area contributed by atoms with Crippen molar-refractivity contribution in [2.45, 2.75) is 45.4 Å². The molecule has 11 heteroatoms. The normalized spacial score (nSPS) is 23.3. The van der Waals surface area contributed by atoms with E-state index in [0.717, 1.165) is 12.8 Å². The zero-order valence-electron chi connectivity index (χ0n) is 17.5. The van der Waals surface area contributed by atoms with Crippen LogP contribution in [-0.2, 0) is 20.9 Å². The first-order chi connectivity index (χ1) is 14.9. The molecule has 31 heavy (non-hydrogen) atoms. The van der Waals surface area contributed by atoms with Gasteiger partial charge in [0, 0.05) is 31.5 Å². The molecule has 0 bridgehead atoms. The van der Waals surface area contributed by atoms with E-state index in [4.69, 9.17) is 0 Å². The van der Waals surface area contributed by atoms with Crippen LogP contribution in [0.25, 0.3) is 0 Å². The maximum atomic E-state index is 13.0. The largest absolute Gasteiger partial charge is 0.494 e. The lowest BCUT2D eigenvalue weighted by molar-refractivity contribution is -0.144. The standard InChI is InChI=1S/C20H27N7O4/c1-11(2)10-26-18-13(16(28)23-9-14-21-6-3-7-22-14)8-24-27(18)20(31)15(19(26)30)17(29)25-12-4-5-12/h3,6-7,11-13,18,24,30H,4-5,8-10H2,1-2H3,(H,23,28)(H,25,29). The Morgan fingerprint density at radius 1 is 1.29 bits per heavy atom. The van der Waals surface area contributed by atoms with Crippen LogP contribution in [0, 0.1) is 11.8 Å². The molecule has 3 amide bonds. The number of carbonyl (C=O) groups is 3. The lowest BCUT2D eigenvalue weighted by Crippen LogP contribution is -2.60. The van der Waals surface area contributed by atoms with Gasteiger partial charge in [0.25, 0.3) is 11.8 Å². The second-order valence-corrected chi connectivity index (χ2v) is 8.43. The molecule has 3 aliphatic rings. The highest BCUT2D eigenvalue weighted by Gasteiger charge is 2.52. The van der Waals surface area contributed by atoms with Gasteiger partial charge in [0.2, 0.25) is 11.8 Å². The van der Waals surface area contributed by atoms with E-state index in [9.17, 15) is 19.5 Å². The van der Waals surface area contributed by atoms with Gasteiger partial charge >= 0.3 is 0 Å². The third-order valence-corrected chi connectivity index (χ3v) is 5.43. The van der Waals surface area contributed by atoms with Gasteiger partial charge in [-0.25, -0.2) is 20.4 Å². The van der Waals surface area contributed by atoms with Crippen molar-refractivity contribution in [1.29, 1.82) is 0 Å². The number of nitrogens with zero attached hydrogens (tertiary/aromatic N) is 4. The Morgan fingerprint density at radius 3 is 2.65 bits per heavy atom. The van der Waals surface area contributed by atoms with Gasteiger partial charge in [-0.2, -0.15) is 0 Å². The zero-order valence-corrected chi connectivity index (χ0v) is 17.5. The van der Waals surface area contributed by atoms with Gasteiger partial charge in [0.05, 0.1) is 12.5 Å². The molecule has 2 atom stereocenters. The number of aliphatic hydroxyl groups is 1. The summed E-state index contributed by atoms with van der Waals surface area (Å²) in [6, 6.07) is 1.73. The minimum atomic E-state index is -0.746. The Morgan fingerprint density at radius 2 is 2.00 bits per heavy atom. The second-order valence-electron chi connectivity index (χ2n) is 8.43. The topological polar surface area (TPSA) is 140 Å². The first-order valence-electron chi connectivity index (χ1n) is 10.5. The number of rotatable bonds is 7. The Balaban J connectivity index is 1.56. The number of hydrazine groups is 1. The zero-order chi connectivity index (χ0) is 22.1. The van der Waals surface area contributed by atoms with E-state index < -0.39 is 23.9 Å². The Bertz CT molecular complexity index is 900. The fourth-order valence-corrected chi connectivity index (χ4v) is 3.83. The third-order valence-electron chi connectivity index (χ3n) is 5.43. The number of fused-ring (bicyclic) bond motifs is 1. The monoisotopic (exact) mass is 429 g/mol. The molecule has 2 aliphatic heterocycles. The van der Waals surface area contributed by atoms with Crippen LogP contribution in [-0.4, -0.2) is 68.0 Å². The molecule has 0 spiro atoms. The first-order valence-corrected chi connectivity index (χ1v) is 10.5. The molecule has 0 radical (unpaired) electrons. The van der Waals surface area contributed by atoms with Crippen molar-refractivity contribution in [3.8, 4) is 0 Å². The van der Waals surface area contributed by atoms with Crippen LogP contribution in [0.4, 0.5) is 0 Å². The summed E-state index contributed by atoms with van der Waals surface area (Å²) in [4.78, 5) is 48.4. The van der Waals surface area contributed by atoms with Crippen molar-refractivity contribution in [3.63, 3.8) is 0 Å². The number of amides is 3. The van der Waals surface area contributed by atoms with E-state index in [0.29, 0.717) is 12.4 Å². The van der Waals surface area contributed by atoms with Crippen molar-refractivity contribution in [2.24, 2.45) is 11.8 Å². The van der Waals surface area contributed by atoms with E-state index in [2.05, 4.69) is 26.0 Å². The van der Waals surface area contributed by atoms with E-state index >= 15 is 0 Å². The SMILES string of the molecule is CC(C)CN1C(O)=C(C(=O)NC2CC2)C(=O)N2NCC(C(=O)NCc3ncccn3)C12. The number of carbonyl (C=O) groups excluding carboxylic acids is 3. The van der Waals surface area contributed by atoms with E-state index in [-0.39, 0.29) is 42.4 Å². The molecular weight excluding hydrogens is 402 g/mol. The second kappa shape index (κ2) is 8.50. The van der Waals surface area contributed by atoms with Crippen molar-refractivity contribution in [2.75, 3.05) is 13.1 Å². The van der Waals surface area contributed by atoms with Crippen molar-refractivity contribution in [3.05, 3.63) is 35.7 Å². The summed E-state index contributed by atoms with van der Waals surface area (Å²) in [7, 11) is 0. The molecule has 1 saturated heterocycles. The van der Waals surface area contributed by atoms with Gasteiger partial charge in [-0.1, -0.05) is 13.8 Å². The van der Waals surface area contributed by atoms with E-state index in [1.54, 1.807) is 23.4 Å². The lowest BCUT2D eigenvalue weighted by atomic mass is 10.0. The highest BCUT2D eigenvalue weighted by molar-refractivity contribution is 6.19. The third kappa shape index (κ3) is 4.31. The summed E-state index contributed by atoms with van der Waals surface area (Å²) < 4.78 is 0. The summed E-state index contributed by atoms with van der Waals surface area (Å²) in [5.41, 5.74) is 2.64. The van der Waals surface area contributed by atoms with Crippen LogP contribution in [0.1, 0.15) is 32.5 Å². The number of aromatic nitrogens is 2. The van der Waals surface area contributed by atoms with Gasteiger partial charge in [0.1, 0.15) is 12.0 Å². The van der Waals surface area contributed by atoms with Crippen LogP contribution in [0.5, 0.6) is 0 Å². The predicted molar refractivity (Wildman–Crippen MR) is 108 cm³/mol. The number of hydrogen-bond donors (Lipinski definition) is 4. The van der Waals surface area contributed by atoms with Crippen LogP contribution in [0.3, 0.4) is 0 Å².